The highest BCUT2D eigenvalue weighted by molar-refractivity contribution is 6.34. The molecule has 2 aromatic rings. The molecular weight excluding hydrogens is 377 g/mol. The van der Waals surface area contributed by atoms with Crippen molar-refractivity contribution < 1.29 is 9.59 Å². The molecule has 1 aromatic heterocycles. The van der Waals surface area contributed by atoms with Crippen LogP contribution < -0.4 is 16.0 Å². The molecule has 2 amide bonds. The standard InChI is InChI=1S/C17H20ClN5O2.ClH/c1-2-6-20-16(24)11-4-3-10(8-13(11)18)21-17(25)15-12-9-19-7-5-14(12)22-23-15;/h3-4,8,19H,2,5-7,9H2,1H3,(H,20,24)(H,21,25)(H,22,23);1H. The Balaban J connectivity index is 0.00000243. The second-order valence-electron chi connectivity index (χ2n) is 5.86. The first-order chi connectivity index (χ1) is 12.1. The van der Waals surface area contributed by atoms with Crippen LogP contribution in [-0.4, -0.2) is 35.1 Å². The Morgan fingerprint density at radius 3 is 2.85 bits per heavy atom. The summed E-state index contributed by atoms with van der Waals surface area (Å²) in [5.41, 5.74) is 3.16. The molecule has 0 fully saturated rings. The molecule has 0 saturated carbocycles. The number of benzene rings is 1. The number of rotatable bonds is 5. The zero-order valence-electron chi connectivity index (χ0n) is 14.3. The van der Waals surface area contributed by atoms with Gasteiger partial charge in [-0.15, -0.1) is 12.4 Å². The highest BCUT2D eigenvalue weighted by Gasteiger charge is 2.22. The van der Waals surface area contributed by atoms with Gasteiger partial charge in [0.25, 0.3) is 11.8 Å². The number of fused-ring (bicyclic) bond motifs is 1. The van der Waals surface area contributed by atoms with Gasteiger partial charge in [-0.25, -0.2) is 0 Å². The highest BCUT2D eigenvalue weighted by atomic mass is 35.5. The van der Waals surface area contributed by atoms with Crippen LogP contribution in [0.2, 0.25) is 5.02 Å². The lowest BCUT2D eigenvalue weighted by Crippen LogP contribution is -2.25. The number of hydrogen-bond acceptors (Lipinski definition) is 4. The van der Waals surface area contributed by atoms with Crippen molar-refractivity contribution in [1.29, 1.82) is 0 Å². The van der Waals surface area contributed by atoms with E-state index in [2.05, 4.69) is 26.1 Å². The number of hydrogen-bond donors (Lipinski definition) is 4. The van der Waals surface area contributed by atoms with Gasteiger partial charge in [0.15, 0.2) is 5.69 Å². The molecule has 3 rings (SSSR count). The first kappa shape index (κ1) is 20.2. The number of carbonyl (C=O) groups excluding carboxylic acids is 2. The molecule has 1 aromatic carbocycles. The third-order valence-electron chi connectivity index (χ3n) is 4.03. The number of amides is 2. The molecule has 4 N–H and O–H groups in total. The molecule has 7 nitrogen and oxygen atoms in total. The predicted molar refractivity (Wildman–Crippen MR) is 103 cm³/mol. The van der Waals surface area contributed by atoms with Gasteiger partial charge in [0.05, 0.1) is 10.6 Å². The van der Waals surface area contributed by atoms with E-state index < -0.39 is 0 Å². The third-order valence-corrected chi connectivity index (χ3v) is 4.34. The molecule has 0 unspecified atom stereocenters. The van der Waals surface area contributed by atoms with Crippen molar-refractivity contribution in [2.75, 3.05) is 18.4 Å². The summed E-state index contributed by atoms with van der Waals surface area (Å²) in [7, 11) is 0. The van der Waals surface area contributed by atoms with Gasteiger partial charge in [-0.1, -0.05) is 18.5 Å². The van der Waals surface area contributed by atoms with E-state index in [1.807, 2.05) is 6.92 Å². The SMILES string of the molecule is CCCNC(=O)c1ccc(NC(=O)c2n[nH]c3c2CNCC3)cc1Cl.Cl. The fourth-order valence-corrected chi connectivity index (χ4v) is 2.98. The minimum Gasteiger partial charge on any atom is -0.352 e. The van der Waals surface area contributed by atoms with E-state index in [4.69, 9.17) is 11.6 Å². The number of anilines is 1. The molecule has 1 aliphatic rings. The van der Waals surface area contributed by atoms with Gasteiger partial charge in [-0.2, -0.15) is 5.10 Å². The number of H-pyrrole nitrogens is 1. The zero-order valence-corrected chi connectivity index (χ0v) is 15.9. The number of nitrogens with zero attached hydrogens (tertiary/aromatic N) is 1. The molecule has 0 spiro atoms. The summed E-state index contributed by atoms with van der Waals surface area (Å²) in [4.78, 5) is 24.5. The van der Waals surface area contributed by atoms with Crippen molar-refractivity contribution in [3.63, 3.8) is 0 Å². The number of nitrogens with one attached hydrogen (secondary N) is 4. The Bertz CT molecular complexity index is 806. The van der Waals surface area contributed by atoms with E-state index in [-0.39, 0.29) is 29.2 Å². The highest BCUT2D eigenvalue weighted by Crippen LogP contribution is 2.22. The fourth-order valence-electron chi connectivity index (χ4n) is 2.71. The van der Waals surface area contributed by atoms with Gasteiger partial charge < -0.3 is 16.0 Å². The van der Waals surface area contributed by atoms with Crippen LogP contribution in [-0.2, 0) is 13.0 Å². The Morgan fingerprint density at radius 1 is 1.31 bits per heavy atom. The van der Waals surface area contributed by atoms with Crippen molar-refractivity contribution in [3.8, 4) is 0 Å². The molecule has 9 heteroatoms. The van der Waals surface area contributed by atoms with Crippen molar-refractivity contribution in [2.24, 2.45) is 0 Å². The maximum absolute atomic E-state index is 12.5. The second-order valence-corrected chi connectivity index (χ2v) is 6.27. The van der Waals surface area contributed by atoms with Gasteiger partial charge in [-0.05, 0) is 24.6 Å². The lowest BCUT2D eigenvalue weighted by Gasteiger charge is -2.13. The third kappa shape index (κ3) is 4.35. The number of carbonyl (C=O) groups is 2. The largest absolute Gasteiger partial charge is 0.352 e. The lowest BCUT2D eigenvalue weighted by molar-refractivity contribution is 0.0953. The summed E-state index contributed by atoms with van der Waals surface area (Å²) in [6.07, 6.45) is 1.67. The Labute approximate surface area is 162 Å². The first-order valence-corrected chi connectivity index (χ1v) is 8.64. The van der Waals surface area contributed by atoms with Crippen LogP contribution >= 0.6 is 24.0 Å². The summed E-state index contributed by atoms with van der Waals surface area (Å²) in [6.45, 7) is 4.05. The predicted octanol–water partition coefficient (Wildman–Crippen LogP) is 2.52. The van der Waals surface area contributed by atoms with Crippen LogP contribution in [0.25, 0.3) is 0 Å². The van der Waals surface area contributed by atoms with Crippen molar-refractivity contribution >= 4 is 41.5 Å². The molecule has 0 aliphatic carbocycles. The molecule has 0 atom stereocenters. The van der Waals surface area contributed by atoms with Crippen LogP contribution in [0.5, 0.6) is 0 Å². The summed E-state index contributed by atoms with van der Waals surface area (Å²) < 4.78 is 0. The van der Waals surface area contributed by atoms with Gasteiger partial charge in [0.1, 0.15) is 0 Å². The quantitative estimate of drug-likeness (QED) is 0.622. The average molecular weight is 398 g/mol. The van der Waals surface area contributed by atoms with E-state index >= 15 is 0 Å². The van der Waals surface area contributed by atoms with E-state index in [1.165, 1.54) is 0 Å². The summed E-state index contributed by atoms with van der Waals surface area (Å²) in [6, 6.07) is 4.82. The summed E-state index contributed by atoms with van der Waals surface area (Å²) in [5.74, 6) is -0.530. The normalized spacial score (nSPS) is 12.7. The molecule has 1 aliphatic heterocycles. The van der Waals surface area contributed by atoms with Gasteiger partial charge >= 0.3 is 0 Å². The topological polar surface area (TPSA) is 98.9 Å². The van der Waals surface area contributed by atoms with Gasteiger partial charge in [0.2, 0.25) is 0 Å². The fraction of sp³-hybridized carbons (Fsp3) is 0.353. The summed E-state index contributed by atoms with van der Waals surface area (Å²) in [5, 5.41) is 16.1. The molecule has 2 heterocycles. The number of aromatic nitrogens is 2. The summed E-state index contributed by atoms with van der Waals surface area (Å²) >= 11 is 6.18. The Morgan fingerprint density at radius 2 is 2.12 bits per heavy atom. The Kier molecular flexibility index (Phi) is 7.02. The minimum atomic E-state index is -0.305. The zero-order chi connectivity index (χ0) is 17.8. The Hall–Kier alpha value is -2.09. The van der Waals surface area contributed by atoms with Crippen molar-refractivity contribution in [1.82, 2.24) is 20.8 Å². The maximum Gasteiger partial charge on any atom is 0.276 e. The van der Waals surface area contributed by atoms with Crippen LogP contribution in [0, 0.1) is 0 Å². The van der Waals surface area contributed by atoms with Crippen LogP contribution in [0.4, 0.5) is 5.69 Å². The van der Waals surface area contributed by atoms with E-state index in [0.717, 1.165) is 30.6 Å². The molecule has 0 radical (unpaired) electrons. The van der Waals surface area contributed by atoms with Gasteiger partial charge in [0, 0.05) is 43.0 Å². The smallest absolute Gasteiger partial charge is 0.276 e. The molecule has 26 heavy (non-hydrogen) atoms. The first-order valence-electron chi connectivity index (χ1n) is 8.26. The molecule has 0 bridgehead atoms. The second kappa shape index (κ2) is 9.02. The lowest BCUT2D eigenvalue weighted by atomic mass is 10.1. The van der Waals surface area contributed by atoms with Crippen LogP contribution in [0.3, 0.4) is 0 Å². The van der Waals surface area contributed by atoms with Crippen molar-refractivity contribution in [2.45, 2.75) is 26.3 Å². The van der Waals surface area contributed by atoms with Crippen LogP contribution in [0.15, 0.2) is 18.2 Å². The monoisotopic (exact) mass is 397 g/mol. The molecule has 140 valence electrons. The van der Waals surface area contributed by atoms with E-state index in [1.54, 1.807) is 18.2 Å². The molecule has 0 saturated heterocycles. The number of aromatic amines is 1. The van der Waals surface area contributed by atoms with Gasteiger partial charge in [-0.3, -0.25) is 14.7 Å². The van der Waals surface area contributed by atoms with E-state index in [0.29, 0.717) is 30.0 Å². The number of halogens is 2. The minimum absolute atomic E-state index is 0. The van der Waals surface area contributed by atoms with E-state index in [9.17, 15) is 9.59 Å². The maximum atomic E-state index is 12.5. The van der Waals surface area contributed by atoms with Crippen LogP contribution in [0.1, 0.15) is 45.4 Å². The molecular formula is C17H21Cl2N5O2. The average Bonchev–Trinajstić information content (AvgIpc) is 3.04. The van der Waals surface area contributed by atoms with Crippen molar-refractivity contribution in [3.05, 3.63) is 45.7 Å².